The number of ether oxygens (including phenoxy) is 1. The van der Waals surface area contributed by atoms with E-state index in [4.69, 9.17) is 9.26 Å². The van der Waals surface area contributed by atoms with E-state index in [1.54, 1.807) is 6.20 Å². The van der Waals surface area contributed by atoms with Crippen molar-refractivity contribution in [3.05, 3.63) is 17.7 Å². The fourth-order valence-electron chi connectivity index (χ4n) is 2.34. The Kier molecular flexibility index (Phi) is 3.33. The molecule has 19 heavy (non-hydrogen) atoms. The van der Waals surface area contributed by atoms with Gasteiger partial charge in [-0.05, 0) is 19.8 Å². The number of nitrogens with zero attached hydrogens (tertiary/aromatic N) is 4. The Bertz CT molecular complexity index is 555. The fourth-order valence-corrected chi connectivity index (χ4v) is 2.34. The first-order valence-electron chi connectivity index (χ1n) is 6.73. The number of aryl methyl sites for hydroxylation is 1. The molecule has 0 aromatic carbocycles. The van der Waals surface area contributed by atoms with E-state index in [0.717, 1.165) is 43.1 Å². The van der Waals surface area contributed by atoms with Gasteiger partial charge < -0.3 is 9.26 Å². The van der Waals surface area contributed by atoms with Gasteiger partial charge in [0.2, 0.25) is 0 Å². The lowest BCUT2D eigenvalue weighted by atomic mass is 10.1. The van der Waals surface area contributed by atoms with Crippen molar-refractivity contribution in [3.63, 3.8) is 0 Å². The Morgan fingerprint density at radius 1 is 1.47 bits per heavy atom. The van der Waals surface area contributed by atoms with Gasteiger partial charge in [-0.3, -0.25) is 4.68 Å². The van der Waals surface area contributed by atoms with Crippen molar-refractivity contribution < 1.29 is 9.26 Å². The Labute approximate surface area is 111 Å². The molecule has 3 rings (SSSR count). The van der Waals surface area contributed by atoms with E-state index in [1.807, 2.05) is 11.6 Å². The number of hydrogen-bond acceptors (Lipinski definition) is 5. The largest absolute Gasteiger partial charge is 0.381 e. The van der Waals surface area contributed by atoms with E-state index in [-0.39, 0.29) is 5.92 Å². The van der Waals surface area contributed by atoms with Crippen LogP contribution in [0.15, 0.2) is 10.7 Å². The van der Waals surface area contributed by atoms with Gasteiger partial charge in [0.05, 0.1) is 18.4 Å². The molecule has 102 valence electrons. The van der Waals surface area contributed by atoms with Crippen LogP contribution in [0.1, 0.15) is 37.2 Å². The van der Waals surface area contributed by atoms with Gasteiger partial charge in [0.25, 0.3) is 5.89 Å². The summed E-state index contributed by atoms with van der Waals surface area (Å²) < 4.78 is 12.7. The van der Waals surface area contributed by atoms with Gasteiger partial charge in [0, 0.05) is 24.8 Å². The molecule has 0 saturated carbocycles. The summed E-state index contributed by atoms with van der Waals surface area (Å²) in [6, 6.07) is 0. The predicted molar refractivity (Wildman–Crippen MR) is 68.7 cm³/mol. The summed E-state index contributed by atoms with van der Waals surface area (Å²) in [5.74, 6) is 1.57. The summed E-state index contributed by atoms with van der Waals surface area (Å²) >= 11 is 0. The van der Waals surface area contributed by atoms with Gasteiger partial charge >= 0.3 is 0 Å². The monoisotopic (exact) mass is 262 g/mol. The highest BCUT2D eigenvalue weighted by Gasteiger charge is 2.24. The summed E-state index contributed by atoms with van der Waals surface area (Å²) in [6.07, 6.45) is 3.82. The van der Waals surface area contributed by atoms with Crippen LogP contribution in [-0.4, -0.2) is 33.1 Å². The SMILES string of the molecule is CCCn1ncc(-c2nc(C3CCOC3)no2)c1C. The van der Waals surface area contributed by atoms with Crippen LogP contribution >= 0.6 is 0 Å². The van der Waals surface area contributed by atoms with Crippen molar-refractivity contribution >= 4 is 0 Å². The molecule has 2 aromatic heterocycles. The van der Waals surface area contributed by atoms with Gasteiger partial charge in [-0.2, -0.15) is 10.1 Å². The summed E-state index contributed by atoms with van der Waals surface area (Å²) in [5.41, 5.74) is 1.99. The third kappa shape index (κ3) is 2.28. The lowest BCUT2D eigenvalue weighted by Crippen LogP contribution is -2.01. The third-order valence-corrected chi connectivity index (χ3v) is 3.51. The van der Waals surface area contributed by atoms with Crippen molar-refractivity contribution in [2.45, 2.75) is 39.2 Å². The lowest BCUT2D eigenvalue weighted by molar-refractivity contribution is 0.192. The predicted octanol–water partition coefficient (Wildman–Crippen LogP) is 2.16. The fraction of sp³-hybridized carbons (Fsp3) is 0.615. The highest BCUT2D eigenvalue weighted by atomic mass is 16.5. The molecule has 0 aliphatic carbocycles. The lowest BCUT2D eigenvalue weighted by Gasteiger charge is -2.01. The van der Waals surface area contributed by atoms with Crippen LogP contribution in [0.2, 0.25) is 0 Å². The molecule has 2 aromatic rings. The summed E-state index contributed by atoms with van der Waals surface area (Å²) in [7, 11) is 0. The maximum Gasteiger partial charge on any atom is 0.261 e. The molecule has 1 fully saturated rings. The van der Waals surface area contributed by atoms with Gasteiger partial charge in [-0.1, -0.05) is 12.1 Å². The molecule has 1 atom stereocenters. The van der Waals surface area contributed by atoms with Crippen LogP contribution in [-0.2, 0) is 11.3 Å². The summed E-state index contributed by atoms with van der Waals surface area (Å²) in [6.45, 7) is 6.53. The van der Waals surface area contributed by atoms with Gasteiger partial charge in [-0.15, -0.1) is 0 Å². The smallest absolute Gasteiger partial charge is 0.261 e. The first-order chi connectivity index (χ1) is 9.29. The standard InChI is InChI=1S/C13H18N4O2/c1-3-5-17-9(2)11(7-14-17)13-15-12(16-19-13)10-4-6-18-8-10/h7,10H,3-6,8H2,1-2H3. The van der Waals surface area contributed by atoms with Crippen molar-refractivity contribution in [3.8, 4) is 11.5 Å². The highest BCUT2D eigenvalue weighted by Crippen LogP contribution is 2.26. The van der Waals surface area contributed by atoms with Crippen LogP contribution in [0.3, 0.4) is 0 Å². The minimum absolute atomic E-state index is 0.267. The molecular formula is C13H18N4O2. The van der Waals surface area contributed by atoms with E-state index in [9.17, 15) is 0 Å². The normalized spacial score (nSPS) is 19.2. The topological polar surface area (TPSA) is 66.0 Å². The van der Waals surface area contributed by atoms with Gasteiger partial charge in [0.1, 0.15) is 0 Å². The second-order valence-corrected chi connectivity index (χ2v) is 4.89. The van der Waals surface area contributed by atoms with Crippen molar-refractivity contribution in [1.82, 2.24) is 19.9 Å². The number of hydrogen-bond donors (Lipinski definition) is 0. The van der Waals surface area contributed by atoms with Crippen molar-refractivity contribution in [2.75, 3.05) is 13.2 Å². The molecule has 0 radical (unpaired) electrons. The molecule has 0 spiro atoms. The average Bonchev–Trinajstić information content (AvgIpc) is 3.10. The van der Waals surface area contributed by atoms with E-state index in [0.29, 0.717) is 12.5 Å². The zero-order valence-electron chi connectivity index (χ0n) is 11.3. The minimum Gasteiger partial charge on any atom is -0.381 e. The molecule has 6 nitrogen and oxygen atoms in total. The Morgan fingerprint density at radius 2 is 2.37 bits per heavy atom. The molecule has 1 aliphatic heterocycles. The summed E-state index contributed by atoms with van der Waals surface area (Å²) in [4.78, 5) is 4.49. The van der Waals surface area contributed by atoms with Gasteiger partial charge in [-0.25, -0.2) is 0 Å². The van der Waals surface area contributed by atoms with E-state index in [2.05, 4.69) is 22.2 Å². The molecule has 0 N–H and O–H groups in total. The molecule has 6 heteroatoms. The molecule has 1 unspecified atom stereocenters. The number of rotatable bonds is 4. The quantitative estimate of drug-likeness (QED) is 0.844. The zero-order valence-corrected chi connectivity index (χ0v) is 11.3. The maximum absolute atomic E-state index is 5.37. The van der Waals surface area contributed by atoms with E-state index < -0.39 is 0 Å². The number of aromatic nitrogens is 4. The first kappa shape index (κ1) is 12.3. The van der Waals surface area contributed by atoms with Crippen molar-refractivity contribution in [1.29, 1.82) is 0 Å². The third-order valence-electron chi connectivity index (χ3n) is 3.51. The minimum atomic E-state index is 0.267. The first-order valence-corrected chi connectivity index (χ1v) is 6.73. The summed E-state index contributed by atoms with van der Waals surface area (Å²) in [5, 5.41) is 8.42. The Morgan fingerprint density at radius 3 is 3.11 bits per heavy atom. The maximum atomic E-state index is 5.37. The molecule has 1 aliphatic rings. The van der Waals surface area contributed by atoms with Crippen LogP contribution in [0.25, 0.3) is 11.5 Å². The molecule has 3 heterocycles. The van der Waals surface area contributed by atoms with Gasteiger partial charge in [0.15, 0.2) is 5.82 Å². The zero-order chi connectivity index (χ0) is 13.2. The van der Waals surface area contributed by atoms with Crippen molar-refractivity contribution in [2.24, 2.45) is 0 Å². The van der Waals surface area contributed by atoms with E-state index >= 15 is 0 Å². The molecule has 0 bridgehead atoms. The second kappa shape index (κ2) is 5.13. The van der Waals surface area contributed by atoms with E-state index in [1.165, 1.54) is 0 Å². The second-order valence-electron chi connectivity index (χ2n) is 4.89. The molecule has 0 amide bonds. The van der Waals surface area contributed by atoms with Crippen LogP contribution in [0.4, 0.5) is 0 Å². The molecular weight excluding hydrogens is 244 g/mol. The highest BCUT2D eigenvalue weighted by molar-refractivity contribution is 5.54. The van der Waals surface area contributed by atoms with Crippen LogP contribution < -0.4 is 0 Å². The van der Waals surface area contributed by atoms with Crippen LogP contribution in [0.5, 0.6) is 0 Å². The van der Waals surface area contributed by atoms with Crippen LogP contribution in [0, 0.1) is 6.92 Å². The average molecular weight is 262 g/mol. The Balaban J connectivity index is 1.85. The Hall–Kier alpha value is -1.69. The molecule has 1 saturated heterocycles.